The van der Waals surface area contributed by atoms with Gasteiger partial charge in [0.15, 0.2) is 5.78 Å². The van der Waals surface area contributed by atoms with E-state index in [4.69, 9.17) is 21.1 Å². The summed E-state index contributed by atoms with van der Waals surface area (Å²) < 4.78 is 23.1. The van der Waals surface area contributed by atoms with Crippen molar-refractivity contribution in [1.82, 2.24) is 0 Å². The minimum absolute atomic E-state index is 0.0559. The average molecular weight is 315 g/mol. The molecule has 0 bridgehead atoms. The molecule has 112 valence electrons. The van der Waals surface area contributed by atoms with Crippen LogP contribution in [-0.4, -0.2) is 23.5 Å². The van der Waals surface area contributed by atoms with Gasteiger partial charge in [-0.25, -0.2) is 4.39 Å². The van der Waals surface area contributed by atoms with Crippen LogP contribution in [0.1, 0.15) is 29.8 Å². The van der Waals surface area contributed by atoms with E-state index in [2.05, 4.69) is 0 Å². The minimum Gasteiger partial charge on any atom is -0.422 e. The first-order valence-corrected chi connectivity index (χ1v) is 6.46. The third-order valence-electron chi connectivity index (χ3n) is 3.01. The molecule has 21 heavy (non-hydrogen) atoms. The molecule has 0 saturated carbocycles. The Bertz CT molecular complexity index is 633. The molecule has 1 aromatic rings. The first-order valence-electron chi connectivity index (χ1n) is 6.08. The predicted molar refractivity (Wildman–Crippen MR) is 70.2 cm³/mol. The molecule has 0 aliphatic carbocycles. The molecule has 0 amide bonds. The summed E-state index contributed by atoms with van der Waals surface area (Å²) in [5.74, 6) is -6.67. The molecule has 0 aromatic heterocycles. The number of benzene rings is 1. The molecule has 1 fully saturated rings. The smallest absolute Gasteiger partial charge is 0.331 e. The summed E-state index contributed by atoms with van der Waals surface area (Å²) in [6.45, 7) is 4.13. The maximum absolute atomic E-state index is 13.3. The summed E-state index contributed by atoms with van der Waals surface area (Å²) in [6, 6.07) is 2.16. The van der Waals surface area contributed by atoms with E-state index in [1.54, 1.807) is 0 Å². The van der Waals surface area contributed by atoms with Gasteiger partial charge in [-0.05, 0) is 19.1 Å². The summed E-state index contributed by atoms with van der Waals surface area (Å²) >= 11 is 5.90. The van der Waals surface area contributed by atoms with Gasteiger partial charge < -0.3 is 9.47 Å². The molecule has 1 saturated heterocycles. The highest BCUT2D eigenvalue weighted by atomic mass is 35.5. The second kappa shape index (κ2) is 5.11. The van der Waals surface area contributed by atoms with Crippen molar-refractivity contribution in [2.75, 3.05) is 0 Å². The van der Waals surface area contributed by atoms with Crippen molar-refractivity contribution in [3.8, 4) is 0 Å². The van der Waals surface area contributed by atoms with Crippen LogP contribution in [-0.2, 0) is 19.1 Å². The number of hydrogen-bond donors (Lipinski definition) is 0. The van der Waals surface area contributed by atoms with Gasteiger partial charge in [0.1, 0.15) is 5.82 Å². The fourth-order valence-electron chi connectivity index (χ4n) is 1.94. The number of rotatable bonds is 2. The summed E-state index contributed by atoms with van der Waals surface area (Å²) in [4.78, 5) is 36.0. The van der Waals surface area contributed by atoms with Crippen LogP contribution in [0.3, 0.4) is 0 Å². The highest BCUT2D eigenvalue weighted by Crippen LogP contribution is 2.29. The lowest BCUT2D eigenvalue weighted by atomic mass is 9.95. The van der Waals surface area contributed by atoms with E-state index in [0.29, 0.717) is 0 Å². The van der Waals surface area contributed by atoms with E-state index in [1.165, 1.54) is 20.8 Å². The number of Topliss-reactive ketones (excluding diaryl/α,β-unsaturated/α-hetero) is 1. The minimum atomic E-state index is -1.75. The topological polar surface area (TPSA) is 69.7 Å². The van der Waals surface area contributed by atoms with E-state index in [1.807, 2.05) is 0 Å². The second-order valence-corrected chi connectivity index (χ2v) is 5.45. The summed E-state index contributed by atoms with van der Waals surface area (Å²) in [6.07, 6.45) is 0. The first kappa shape index (κ1) is 15.4. The van der Waals surface area contributed by atoms with Crippen molar-refractivity contribution in [3.05, 3.63) is 34.1 Å². The number of esters is 2. The molecule has 1 aromatic carbocycles. The van der Waals surface area contributed by atoms with Crippen LogP contribution in [0, 0.1) is 18.7 Å². The highest BCUT2D eigenvalue weighted by molar-refractivity contribution is 6.36. The summed E-state index contributed by atoms with van der Waals surface area (Å²) in [7, 11) is 0. The van der Waals surface area contributed by atoms with Crippen LogP contribution in [0.25, 0.3) is 0 Å². The molecule has 0 atom stereocenters. The van der Waals surface area contributed by atoms with Crippen LogP contribution in [0.15, 0.2) is 12.1 Å². The molecule has 0 N–H and O–H groups in total. The largest absolute Gasteiger partial charge is 0.422 e. The quantitative estimate of drug-likeness (QED) is 0.476. The monoisotopic (exact) mass is 314 g/mol. The van der Waals surface area contributed by atoms with Crippen molar-refractivity contribution < 1.29 is 28.2 Å². The lowest BCUT2D eigenvalue weighted by Gasteiger charge is -2.32. The number of ketones is 1. The summed E-state index contributed by atoms with van der Waals surface area (Å²) in [5.41, 5.74) is -0.0745. The number of ether oxygens (including phenoxy) is 2. The van der Waals surface area contributed by atoms with E-state index in [9.17, 15) is 18.8 Å². The average Bonchev–Trinajstić information content (AvgIpc) is 2.33. The number of carbonyl (C=O) groups excluding carboxylic acids is 3. The van der Waals surface area contributed by atoms with Crippen LogP contribution in [0.4, 0.5) is 4.39 Å². The lowest BCUT2D eigenvalue weighted by molar-refractivity contribution is -0.236. The molecule has 1 aliphatic rings. The van der Waals surface area contributed by atoms with Gasteiger partial charge in [-0.3, -0.25) is 14.4 Å². The fourth-order valence-corrected chi connectivity index (χ4v) is 2.19. The molecule has 1 heterocycles. The zero-order chi connectivity index (χ0) is 15.9. The van der Waals surface area contributed by atoms with Crippen molar-refractivity contribution in [2.45, 2.75) is 26.6 Å². The van der Waals surface area contributed by atoms with Gasteiger partial charge >= 0.3 is 11.9 Å². The Hall–Kier alpha value is -1.95. The molecule has 7 heteroatoms. The van der Waals surface area contributed by atoms with E-state index in [0.717, 1.165) is 12.1 Å². The van der Waals surface area contributed by atoms with Crippen LogP contribution in [0.5, 0.6) is 0 Å². The third-order valence-corrected chi connectivity index (χ3v) is 3.50. The Morgan fingerprint density at radius 2 is 1.76 bits per heavy atom. The Kier molecular flexibility index (Phi) is 3.76. The van der Waals surface area contributed by atoms with Crippen LogP contribution >= 0.6 is 11.6 Å². The number of halogens is 2. The predicted octanol–water partition coefficient (Wildman–Crippen LogP) is 2.42. The number of hydrogen-bond acceptors (Lipinski definition) is 5. The zero-order valence-corrected chi connectivity index (χ0v) is 12.3. The lowest BCUT2D eigenvalue weighted by Crippen LogP contribution is -2.49. The van der Waals surface area contributed by atoms with Crippen molar-refractivity contribution in [3.63, 3.8) is 0 Å². The van der Waals surface area contributed by atoms with Gasteiger partial charge in [0.05, 0.1) is 5.02 Å². The molecular formula is C14H12ClFO5. The Morgan fingerprint density at radius 1 is 1.24 bits per heavy atom. The molecule has 2 rings (SSSR count). The molecule has 5 nitrogen and oxygen atoms in total. The van der Waals surface area contributed by atoms with Gasteiger partial charge in [0.25, 0.3) is 5.79 Å². The van der Waals surface area contributed by atoms with Gasteiger partial charge in [0.2, 0.25) is 5.92 Å². The van der Waals surface area contributed by atoms with Crippen molar-refractivity contribution in [2.24, 2.45) is 5.92 Å². The van der Waals surface area contributed by atoms with Crippen molar-refractivity contribution in [1.29, 1.82) is 0 Å². The molecule has 0 radical (unpaired) electrons. The Morgan fingerprint density at radius 3 is 2.29 bits per heavy atom. The number of cyclic esters (lactones) is 2. The standard InChI is InChI=1S/C14H12ClFO5/c1-6-8(16)5-4-7(10(6)15)11(17)9-12(18)20-14(2,3)21-13(9)19/h4-5,9H,1-3H3. The van der Waals surface area contributed by atoms with Crippen molar-refractivity contribution >= 4 is 29.3 Å². The second-order valence-electron chi connectivity index (χ2n) is 5.07. The molecule has 0 unspecified atom stereocenters. The first-order chi connectivity index (χ1) is 9.64. The van der Waals surface area contributed by atoms with Gasteiger partial charge in [-0.15, -0.1) is 0 Å². The molecule has 1 aliphatic heterocycles. The van der Waals surface area contributed by atoms with Crippen LogP contribution < -0.4 is 0 Å². The maximum atomic E-state index is 13.3. The fraction of sp³-hybridized carbons (Fsp3) is 0.357. The normalized spacial score (nSPS) is 18.1. The summed E-state index contributed by atoms with van der Waals surface area (Å²) in [5, 5.41) is -0.148. The van der Waals surface area contributed by atoms with Crippen LogP contribution in [0.2, 0.25) is 5.02 Å². The highest BCUT2D eigenvalue weighted by Gasteiger charge is 2.47. The SMILES string of the molecule is Cc1c(F)ccc(C(=O)C2C(=O)OC(C)(C)OC2=O)c1Cl. The Labute approximate surface area is 125 Å². The van der Waals surface area contributed by atoms with E-state index < -0.39 is 35.2 Å². The van der Waals surface area contributed by atoms with Gasteiger partial charge in [-0.1, -0.05) is 11.6 Å². The maximum Gasteiger partial charge on any atom is 0.331 e. The molecule has 0 spiro atoms. The van der Waals surface area contributed by atoms with E-state index in [-0.39, 0.29) is 16.1 Å². The number of carbonyl (C=O) groups is 3. The van der Waals surface area contributed by atoms with Gasteiger partial charge in [-0.2, -0.15) is 0 Å². The Balaban J connectivity index is 2.39. The van der Waals surface area contributed by atoms with E-state index >= 15 is 0 Å². The zero-order valence-electron chi connectivity index (χ0n) is 11.5. The third kappa shape index (κ3) is 2.76. The van der Waals surface area contributed by atoms with Gasteiger partial charge in [0, 0.05) is 25.0 Å². The molecular weight excluding hydrogens is 303 g/mol.